The number of rotatable bonds is 4. The zero-order valence-corrected chi connectivity index (χ0v) is 16.7. The summed E-state index contributed by atoms with van der Waals surface area (Å²) in [5, 5.41) is 3.12. The fourth-order valence-electron chi connectivity index (χ4n) is 5.31. The molecule has 2 bridgehead atoms. The molecule has 1 N–H and O–H groups in total. The van der Waals surface area contributed by atoms with Gasteiger partial charge in [0.25, 0.3) is 5.91 Å². The molecule has 28 heavy (non-hydrogen) atoms. The summed E-state index contributed by atoms with van der Waals surface area (Å²) in [6.45, 7) is 6.64. The molecule has 3 aliphatic heterocycles. The number of amides is 1. The van der Waals surface area contributed by atoms with Gasteiger partial charge in [0.15, 0.2) is 0 Å². The van der Waals surface area contributed by atoms with E-state index in [1.807, 2.05) is 7.05 Å². The Bertz CT molecular complexity index is 925. The minimum atomic E-state index is -0.0763. The van der Waals surface area contributed by atoms with E-state index in [0.29, 0.717) is 24.1 Å². The Balaban J connectivity index is 1.31. The summed E-state index contributed by atoms with van der Waals surface area (Å²) >= 11 is 0. The van der Waals surface area contributed by atoms with Crippen molar-refractivity contribution in [3.8, 4) is 0 Å². The molecule has 1 spiro atoms. The maximum atomic E-state index is 12.5. The quantitative estimate of drug-likeness (QED) is 0.875. The molecule has 5 heterocycles. The Morgan fingerprint density at radius 3 is 3.00 bits per heavy atom. The van der Waals surface area contributed by atoms with Crippen molar-refractivity contribution in [2.45, 2.75) is 38.4 Å². The zero-order chi connectivity index (χ0) is 19.5. The number of hydrogen-bond donors (Lipinski definition) is 1. The molecule has 0 aromatic carbocycles. The Hall–Kier alpha value is -2.41. The van der Waals surface area contributed by atoms with Crippen LogP contribution in [-0.4, -0.2) is 51.8 Å². The van der Waals surface area contributed by atoms with E-state index in [1.54, 1.807) is 17.1 Å². The van der Waals surface area contributed by atoms with Gasteiger partial charge in [-0.05, 0) is 38.3 Å². The predicted octanol–water partition coefficient (Wildman–Crippen LogP) is 1.85. The summed E-state index contributed by atoms with van der Waals surface area (Å²) < 4.78 is 8.26. The van der Waals surface area contributed by atoms with Gasteiger partial charge >= 0.3 is 0 Å². The summed E-state index contributed by atoms with van der Waals surface area (Å²) in [6.07, 6.45) is 5.70. The lowest BCUT2D eigenvalue weighted by atomic mass is 9.73. The molecular formula is C21H27N5O2. The van der Waals surface area contributed by atoms with Gasteiger partial charge in [-0.2, -0.15) is 0 Å². The summed E-state index contributed by atoms with van der Waals surface area (Å²) in [5.74, 6) is 1.75. The van der Waals surface area contributed by atoms with Crippen LogP contribution in [0.5, 0.6) is 0 Å². The maximum absolute atomic E-state index is 12.5. The molecule has 4 atom stereocenters. The van der Waals surface area contributed by atoms with Crippen molar-refractivity contribution >= 4 is 11.7 Å². The molecule has 7 nitrogen and oxygen atoms in total. The Morgan fingerprint density at radius 2 is 2.25 bits per heavy atom. The number of ether oxygens (including phenoxy) is 1. The molecule has 0 aliphatic carbocycles. The normalized spacial score (nSPS) is 30.7. The van der Waals surface area contributed by atoms with Gasteiger partial charge in [-0.25, -0.2) is 9.97 Å². The van der Waals surface area contributed by atoms with Gasteiger partial charge < -0.3 is 19.5 Å². The van der Waals surface area contributed by atoms with Crippen molar-refractivity contribution in [3.05, 3.63) is 41.6 Å². The van der Waals surface area contributed by atoms with Gasteiger partial charge in [0.1, 0.15) is 11.5 Å². The first-order valence-corrected chi connectivity index (χ1v) is 10.1. The first kappa shape index (κ1) is 17.7. The number of carbonyl (C=O) groups excluding carboxylic acids is 1. The molecule has 5 rings (SSSR count). The molecule has 7 heteroatoms. The second-order valence-corrected chi connectivity index (χ2v) is 8.58. The van der Waals surface area contributed by atoms with E-state index < -0.39 is 0 Å². The van der Waals surface area contributed by atoms with Crippen molar-refractivity contribution in [2.24, 2.45) is 18.9 Å². The molecule has 0 unspecified atom stereocenters. The van der Waals surface area contributed by atoms with E-state index in [4.69, 9.17) is 9.72 Å². The van der Waals surface area contributed by atoms with Crippen LogP contribution in [0.3, 0.4) is 0 Å². The topological polar surface area (TPSA) is 72.3 Å². The van der Waals surface area contributed by atoms with E-state index in [1.165, 1.54) is 5.56 Å². The third-order valence-electron chi connectivity index (χ3n) is 6.99. The van der Waals surface area contributed by atoms with Crippen LogP contribution in [0.25, 0.3) is 0 Å². The van der Waals surface area contributed by atoms with Gasteiger partial charge in [0.2, 0.25) is 0 Å². The number of nitrogens with zero attached hydrogens (tertiary/aromatic N) is 4. The van der Waals surface area contributed by atoms with Crippen molar-refractivity contribution in [3.63, 3.8) is 0 Å². The lowest BCUT2D eigenvalue weighted by molar-refractivity contribution is 0.0141. The Kier molecular flexibility index (Phi) is 3.98. The van der Waals surface area contributed by atoms with Gasteiger partial charge in [-0.1, -0.05) is 6.07 Å². The van der Waals surface area contributed by atoms with Crippen LogP contribution in [0.2, 0.25) is 0 Å². The molecule has 3 fully saturated rings. The number of aryl methyl sites for hydroxylation is 3. The molecule has 2 aromatic heterocycles. The van der Waals surface area contributed by atoms with E-state index >= 15 is 0 Å². The number of fused-ring (bicyclic) bond motifs is 1. The number of nitrogens with one attached hydrogen (secondary N) is 1. The van der Waals surface area contributed by atoms with Gasteiger partial charge in [0.05, 0.1) is 24.2 Å². The van der Waals surface area contributed by atoms with Crippen molar-refractivity contribution in [2.75, 3.05) is 24.5 Å². The van der Waals surface area contributed by atoms with Crippen LogP contribution in [0.1, 0.15) is 34.6 Å². The average molecular weight is 381 g/mol. The molecular weight excluding hydrogens is 354 g/mol. The highest BCUT2D eigenvalue weighted by atomic mass is 16.5. The van der Waals surface area contributed by atoms with E-state index in [-0.39, 0.29) is 17.6 Å². The number of aromatic nitrogens is 3. The molecule has 0 radical (unpaired) electrons. The fraction of sp³-hybridized carbons (Fsp3) is 0.571. The number of anilines is 1. The molecule has 3 saturated heterocycles. The minimum absolute atomic E-state index is 0.0671. The highest BCUT2D eigenvalue weighted by Gasteiger charge is 2.63. The predicted molar refractivity (Wildman–Crippen MR) is 105 cm³/mol. The monoisotopic (exact) mass is 381 g/mol. The third-order valence-corrected chi connectivity index (χ3v) is 6.99. The van der Waals surface area contributed by atoms with Crippen LogP contribution in [0, 0.1) is 25.7 Å². The van der Waals surface area contributed by atoms with Crippen molar-refractivity contribution in [1.29, 1.82) is 0 Å². The molecule has 2 aromatic rings. The highest BCUT2D eigenvalue weighted by molar-refractivity contribution is 5.92. The second kappa shape index (κ2) is 6.30. The van der Waals surface area contributed by atoms with E-state index in [0.717, 1.165) is 37.4 Å². The molecule has 148 valence electrons. The largest absolute Gasteiger partial charge is 0.369 e. The van der Waals surface area contributed by atoms with Crippen LogP contribution >= 0.6 is 0 Å². The van der Waals surface area contributed by atoms with Crippen LogP contribution in [0.15, 0.2) is 24.7 Å². The number of imidazole rings is 1. The standard InChI is InChI=1S/C21H27N5O2/c1-13-4-5-19(24-14(13)2)26-10-16-15(18-6-7-21(16,11-26)28-18)8-23-20(27)17-9-22-12-25(17)3/h4-5,9,12,15-16,18H,6-8,10-11H2,1-3H3,(H,23,27)/t15-,16+,18+,21+/m0/s1. The Morgan fingerprint density at radius 1 is 1.39 bits per heavy atom. The first-order valence-electron chi connectivity index (χ1n) is 10.1. The van der Waals surface area contributed by atoms with Crippen LogP contribution in [0.4, 0.5) is 5.82 Å². The smallest absolute Gasteiger partial charge is 0.269 e. The first-order chi connectivity index (χ1) is 13.5. The van der Waals surface area contributed by atoms with Crippen LogP contribution < -0.4 is 10.2 Å². The maximum Gasteiger partial charge on any atom is 0.269 e. The number of hydrogen-bond acceptors (Lipinski definition) is 5. The summed E-state index contributed by atoms with van der Waals surface area (Å²) in [5.41, 5.74) is 2.81. The minimum Gasteiger partial charge on any atom is -0.369 e. The second-order valence-electron chi connectivity index (χ2n) is 8.58. The summed E-state index contributed by atoms with van der Waals surface area (Å²) in [7, 11) is 1.84. The van der Waals surface area contributed by atoms with Crippen molar-refractivity contribution in [1.82, 2.24) is 19.9 Å². The van der Waals surface area contributed by atoms with E-state index in [2.05, 4.69) is 41.2 Å². The van der Waals surface area contributed by atoms with Gasteiger partial charge in [-0.3, -0.25) is 4.79 Å². The lowest BCUT2D eigenvalue weighted by Gasteiger charge is -2.29. The Labute approximate surface area is 165 Å². The summed E-state index contributed by atoms with van der Waals surface area (Å²) in [6, 6.07) is 4.26. The molecule has 1 amide bonds. The zero-order valence-electron chi connectivity index (χ0n) is 16.7. The van der Waals surface area contributed by atoms with Gasteiger partial charge in [0, 0.05) is 44.2 Å². The van der Waals surface area contributed by atoms with Crippen LogP contribution in [-0.2, 0) is 11.8 Å². The van der Waals surface area contributed by atoms with Crippen molar-refractivity contribution < 1.29 is 9.53 Å². The van der Waals surface area contributed by atoms with Gasteiger partial charge in [-0.15, -0.1) is 0 Å². The fourth-order valence-corrected chi connectivity index (χ4v) is 5.31. The van der Waals surface area contributed by atoms with E-state index in [9.17, 15) is 4.79 Å². The molecule has 3 aliphatic rings. The SMILES string of the molecule is Cc1ccc(N2C[C@@H]3[C@H](CNC(=O)c4cncn4C)[C@H]4CC[C@]3(C2)O4)nc1C. The third kappa shape index (κ3) is 2.64. The highest BCUT2D eigenvalue weighted by Crippen LogP contribution is 2.55. The molecule has 0 saturated carbocycles. The summed E-state index contributed by atoms with van der Waals surface area (Å²) in [4.78, 5) is 23.7. The lowest BCUT2D eigenvalue weighted by Crippen LogP contribution is -2.42. The number of pyridine rings is 1. The number of carbonyl (C=O) groups is 1. The average Bonchev–Trinajstić information content (AvgIpc) is 3.42.